The Kier molecular flexibility index (Phi) is 3.76. The van der Waals surface area contributed by atoms with Crippen LogP contribution in [0.2, 0.25) is 0 Å². The predicted molar refractivity (Wildman–Crippen MR) is 76.1 cm³/mol. The van der Waals surface area contributed by atoms with E-state index in [-0.39, 0.29) is 5.92 Å². The minimum atomic E-state index is -0.721. The van der Waals surface area contributed by atoms with Gasteiger partial charge in [0.25, 0.3) is 0 Å². The number of aliphatic carboxylic acids is 1. The number of hydrogen-bond acceptors (Lipinski definition) is 1. The van der Waals surface area contributed by atoms with Crippen molar-refractivity contribution in [2.75, 3.05) is 0 Å². The van der Waals surface area contributed by atoms with E-state index in [9.17, 15) is 9.90 Å². The quantitative estimate of drug-likeness (QED) is 0.847. The largest absolute Gasteiger partial charge is 0.481 e. The van der Waals surface area contributed by atoms with E-state index >= 15 is 0 Å². The highest BCUT2D eigenvalue weighted by molar-refractivity contribution is 14.1. The van der Waals surface area contributed by atoms with Gasteiger partial charge in [-0.1, -0.05) is 25.0 Å². The molecule has 1 unspecified atom stereocenters. The van der Waals surface area contributed by atoms with Gasteiger partial charge in [-0.05, 0) is 66.0 Å². The maximum atomic E-state index is 11.7. The van der Waals surface area contributed by atoms with Gasteiger partial charge in [-0.3, -0.25) is 4.79 Å². The molecule has 1 saturated carbocycles. The number of hydrogen-bond donors (Lipinski definition) is 1. The number of carboxylic acid groups (broad SMARTS) is 1. The summed E-state index contributed by atoms with van der Waals surface area (Å²) in [6.07, 6.45) is 4.40. The van der Waals surface area contributed by atoms with Crippen molar-refractivity contribution in [1.29, 1.82) is 0 Å². The molecule has 1 N–H and O–H groups in total. The molecule has 0 aromatic heterocycles. The second-order valence-corrected chi connectivity index (χ2v) is 6.24. The van der Waals surface area contributed by atoms with Crippen molar-refractivity contribution in [3.8, 4) is 0 Å². The molecule has 0 heterocycles. The second kappa shape index (κ2) is 4.96. The van der Waals surface area contributed by atoms with Gasteiger partial charge in [-0.2, -0.15) is 0 Å². The van der Waals surface area contributed by atoms with Crippen molar-refractivity contribution >= 4 is 28.6 Å². The lowest BCUT2D eigenvalue weighted by Crippen LogP contribution is -2.39. The highest BCUT2D eigenvalue weighted by Crippen LogP contribution is 2.42. The number of carbonyl (C=O) groups is 1. The van der Waals surface area contributed by atoms with Crippen molar-refractivity contribution in [3.05, 3.63) is 33.4 Å². The Labute approximate surface area is 116 Å². The molecule has 3 heteroatoms. The third-order valence-corrected chi connectivity index (χ3v) is 4.78. The summed E-state index contributed by atoms with van der Waals surface area (Å²) in [5.41, 5.74) is 0.221. The number of benzene rings is 1. The fourth-order valence-corrected chi connectivity index (χ4v) is 3.19. The van der Waals surface area contributed by atoms with E-state index in [0.717, 1.165) is 34.8 Å². The van der Waals surface area contributed by atoms with Crippen LogP contribution in [0.25, 0.3) is 0 Å². The first kappa shape index (κ1) is 12.9. The van der Waals surface area contributed by atoms with Gasteiger partial charge < -0.3 is 5.11 Å². The Morgan fingerprint density at radius 3 is 2.29 bits per heavy atom. The third kappa shape index (κ3) is 2.34. The lowest BCUT2D eigenvalue weighted by atomic mass is 9.71. The van der Waals surface area contributed by atoms with Crippen LogP contribution in [0.4, 0.5) is 0 Å². The molecule has 0 amide bonds. The summed E-state index contributed by atoms with van der Waals surface area (Å²) in [4.78, 5) is 11.7. The van der Waals surface area contributed by atoms with Crippen LogP contribution in [0.15, 0.2) is 24.3 Å². The highest BCUT2D eigenvalue weighted by Gasteiger charge is 2.43. The number of halogens is 1. The van der Waals surface area contributed by atoms with Crippen LogP contribution in [0.3, 0.4) is 0 Å². The van der Waals surface area contributed by atoms with Crippen molar-refractivity contribution in [2.24, 2.45) is 5.92 Å². The zero-order valence-electron chi connectivity index (χ0n) is 9.95. The zero-order chi connectivity index (χ0) is 12.5. The highest BCUT2D eigenvalue weighted by atomic mass is 127. The van der Waals surface area contributed by atoms with E-state index in [1.165, 1.54) is 0 Å². The Morgan fingerprint density at radius 2 is 1.82 bits per heavy atom. The van der Waals surface area contributed by atoms with Gasteiger partial charge in [0.05, 0.1) is 5.41 Å². The maximum Gasteiger partial charge on any atom is 0.314 e. The molecular weight excluding hydrogens is 327 g/mol. The fraction of sp³-hybridized carbons (Fsp3) is 0.500. The van der Waals surface area contributed by atoms with Gasteiger partial charge in [0.1, 0.15) is 0 Å². The first-order chi connectivity index (χ1) is 8.05. The lowest BCUT2D eigenvalue weighted by molar-refractivity contribution is -0.145. The van der Waals surface area contributed by atoms with Crippen LogP contribution in [-0.4, -0.2) is 11.1 Å². The summed E-state index contributed by atoms with van der Waals surface area (Å²) in [6, 6.07) is 7.92. The first-order valence-corrected chi connectivity index (χ1v) is 7.12. The molecule has 0 radical (unpaired) electrons. The molecule has 1 aromatic rings. The normalized spacial score (nSPS) is 20.1. The van der Waals surface area contributed by atoms with E-state index in [2.05, 4.69) is 22.6 Å². The molecule has 0 aliphatic heterocycles. The Morgan fingerprint density at radius 1 is 1.29 bits per heavy atom. The third-order valence-electron chi connectivity index (χ3n) is 4.06. The first-order valence-electron chi connectivity index (χ1n) is 6.04. The molecule has 17 heavy (non-hydrogen) atoms. The Hall–Kier alpha value is -0.580. The summed E-state index contributed by atoms with van der Waals surface area (Å²) in [5.74, 6) is -0.411. The van der Waals surface area contributed by atoms with Crippen molar-refractivity contribution in [3.63, 3.8) is 0 Å². The van der Waals surface area contributed by atoms with Crippen LogP contribution >= 0.6 is 22.6 Å². The molecule has 1 aromatic carbocycles. The molecule has 2 rings (SSSR count). The van der Waals surface area contributed by atoms with E-state index in [4.69, 9.17) is 0 Å². The van der Waals surface area contributed by atoms with Crippen molar-refractivity contribution in [2.45, 2.75) is 38.0 Å². The smallest absolute Gasteiger partial charge is 0.314 e. The average molecular weight is 344 g/mol. The Bertz CT molecular complexity index is 407. The maximum absolute atomic E-state index is 11.7. The molecule has 1 fully saturated rings. The average Bonchev–Trinajstić information content (AvgIpc) is 2.82. The van der Waals surface area contributed by atoms with Crippen LogP contribution in [0.5, 0.6) is 0 Å². The summed E-state index contributed by atoms with van der Waals surface area (Å²) in [7, 11) is 0. The monoisotopic (exact) mass is 344 g/mol. The van der Waals surface area contributed by atoms with Crippen molar-refractivity contribution in [1.82, 2.24) is 0 Å². The molecule has 1 atom stereocenters. The zero-order valence-corrected chi connectivity index (χ0v) is 12.1. The minimum absolute atomic E-state index is 0.278. The standard InChI is InChI=1S/C14H17IO2/c1-14(13(16)17,10-4-2-3-5-10)11-6-8-12(15)9-7-11/h6-10H,2-5H2,1H3,(H,16,17). The summed E-state index contributed by atoms with van der Waals surface area (Å²) < 4.78 is 1.14. The molecule has 1 aliphatic rings. The molecular formula is C14H17IO2. The van der Waals surface area contributed by atoms with Gasteiger partial charge in [0, 0.05) is 3.57 Å². The van der Waals surface area contributed by atoms with Crippen LogP contribution in [0.1, 0.15) is 38.2 Å². The predicted octanol–water partition coefficient (Wildman–Crippen LogP) is 3.82. The van der Waals surface area contributed by atoms with Crippen LogP contribution < -0.4 is 0 Å². The van der Waals surface area contributed by atoms with Crippen LogP contribution in [0, 0.1) is 9.49 Å². The summed E-state index contributed by atoms with van der Waals surface area (Å²) >= 11 is 2.24. The lowest BCUT2D eigenvalue weighted by Gasteiger charge is -2.31. The van der Waals surface area contributed by atoms with Gasteiger partial charge in [-0.15, -0.1) is 0 Å². The van der Waals surface area contributed by atoms with Gasteiger partial charge in [0.15, 0.2) is 0 Å². The van der Waals surface area contributed by atoms with Gasteiger partial charge >= 0.3 is 5.97 Å². The molecule has 1 aliphatic carbocycles. The minimum Gasteiger partial charge on any atom is -0.481 e. The molecule has 2 nitrogen and oxygen atoms in total. The van der Waals surface area contributed by atoms with Gasteiger partial charge in [0.2, 0.25) is 0 Å². The van der Waals surface area contributed by atoms with E-state index < -0.39 is 11.4 Å². The summed E-state index contributed by atoms with van der Waals surface area (Å²) in [5, 5.41) is 9.61. The Balaban J connectivity index is 2.39. The number of carboxylic acids is 1. The summed E-state index contributed by atoms with van der Waals surface area (Å²) in [6.45, 7) is 1.88. The fourth-order valence-electron chi connectivity index (χ4n) is 2.83. The van der Waals surface area contributed by atoms with E-state index in [1.807, 2.05) is 31.2 Å². The van der Waals surface area contributed by atoms with Gasteiger partial charge in [-0.25, -0.2) is 0 Å². The molecule has 92 valence electrons. The van der Waals surface area contributed by atoms with E-state index in [1.54, 1.807) is 0 Å². The topological polar surface area (TPSA) is 37.3 Å². The second-order valence-electron chi connectivity index (χ2n) is 5.00. The SMILES string of the molecule is CC(C(=O)O)(c1ccc(I)cc1)C1CCCC1. The molecule has 0 spiro atoms. The van der Waals surface area contributed by atoms with E-state index in [0.29, 0.717) is 0 Å². The van der Waals surface area contributed by atoms with Crippen molar-refractivity contribution < 1.29 is 9.90 Å². The molecule has 0 saturated heterocycles. The van der Waals surface area contributed by atoms with Crippen LogP contribution in [-0.2, 0) is 10.2 Å². The number of rotatable bonds is 3. The molecule has 0 bridgehead atoms.